The van der Waals surface area contributed by atoms with Crippen molar-refractivity contribution >= 4 is 40.9 Å². The van der Waals surface area contributed by atoms with Crippen LogP contribution in [0.2, 0.25) is 10.0 Å². The topological polar surface area (TPSA) is 52.9 Å². The average molecular weight is 329 g/mol. The Balaban J connectivity index is 1.92. The predicted molar refractivity (Wildman–Crippen MR) is 82.1 cm³/mol. The fourth-order valence-corrected chi connectivity index (χ4v) is 3.57. The van der Waals surface area contributed by atoms with Crippen LogP contribution >= 0.6 is 35.0 Å². The smallest absolute Gasteiger partial charge is 0.231 e. The van der Waals surface area contributed by atoms with Crippen molar-refractivity contribution in [3.63, 3.8) is 0 Å². The molecule has 2 rings (SSSR count). The molecule has 1 aromatic rings. The number of nitrogens with zero attached hydrogens (tertiary/aromatic N) is 1. The van der Waals surface area contributed by atoms with Crippen LogP contribution in [0.4, 0.5) is 0 Å². The molecule has 0 bridgehead atoms. The summed E-state index contributed by atoms with van der Waals surface area (Å²) >= 11 is 13.3. The molecule has 1 aliphatic carbocycles. The average Bonchev–Trinajstić information content (AvgIpc) is 2.89. The normalized spacial score (nSPS) is 16.6. The summed E-state index contributed by atoms with van der Waals surface area (Å²) in [5.74, 6) is 0.0817. The van der Waals surface area contributed by atoms with Crippen molar-refractivity contribution in [3.8, 4) is 6.07 Å². The van der Waals surface area contributed by atoms with E-state index in [1.807, 2.05) is 0 Å². The minimum atomic E-state index is -0.671. The highest BCUT2D eigenvalue weighted by Gasteiger charge is 2.35. The first-order chi connectivity index (χ1) is 9.54. The number of benzene rings is 1. The summed E-state index contributed by atoms with van der Waals surface area (Å²) in [7, 11) is 0. The van der Waals surface area contributed by atoms with Crippen molar-refractivity contribution in [1.82, 2.24) is 5.32 Å². The molecule has 106 valence electrons. The summed E-state index contributed by atoms with van der Waals surface area (Å²) in [4.78, 5) is 12.7. The number of nitrogens with one attached hydrogen (secondary N) is 1. The summed E-state index contributed by atoms with van der Waals surface area (Å²) in [6.45, 7) is 0. The molecule has 1 N–H and O–H groups in total. The van der Waals surface area contributed by atoms with Crippen LogP contribution in [0.3, 0.4) is 0 Å². The number of amides is 1. The van der Waals surface area contributed by atoms with Gasteiger partial charge < -0.3 is 5.32 Å². The second kappa shape index (κ2) is 6.71. The van der Waals surface area contributed by atoms with Crippen molar-refractivity contribution in [1.29, 1.82) is 5.26 Å². The molecule has 0 unspecified atom stereocenters. The van der Waals surface area contributed by atoms with Crippen molar-refractivity contribution in [3.05, 3.63) is 28.2 Å². The summed E-state index contributed by atoms with van der Waals surface area (Å²) in [5.41, 5.74) is -0.671. The lowest BCUT2D eigenvalue weighted by molar-refractivity contribution is -0.119. The van der Waals surface area contributed by atoms with Crippen LogP contribution in [0.25, 0.3) is 0 Å². The molecule has 0 aromatic heterocycles. The van der Waals surface area contributed by atoms with E-state index in [-0.39, 0.29) is 11.7 Å². The zero-order valence-electron chi connectivity index (χ0n) is 10.8. The molecular weight excluding hydrogens is 315 g/mol. The molecule has 0 atom stereocenters. The Bertz CT molecular complexity index is 551. The number of carbonyl (C=O) groups is 1. The lowest BCUT2D eigenvalue weighted by atomic mass is 10.0. The molecule has 0 radical (unpaired) electrons. The minimum Gasteiger partial charge on any atom is -0.337 e. The molecule has 6 heteroatoms. The summed E-state index contributed by atoms with van der Waals surface area (Å²) in [5, 5.41) is 13.2. The van der Waals surface area contributed by atoms with Gasteiger partial charge in [0.25, 0.3) is 0 Å². The van der Waals surface area contributed by atoms with Crippen LogP contribution in [0.5, 0.6) is 0 Å². The number of thioether (sulfide) groups is 1. The molecule has 1 fully saturated rings. The van der Waals surface area contributed by atoms with Crippen LogP contribution in [0, 0.1) is 11.3 Å². The fraction of sp³-hybridized carbons (Fsp3) is 0.429. The highest BCUT2D eigenvalue weighted by Crippen LogP contribution is 2.31. The molecule has 0 saturated heterocycles. The summed E-state index contributed by atoms with van der Waals surface area (Å²) in [6.07, 6.45) is 3.44. The number of halogens is 2. The van der Waals surface area contributed by atoms with Gasteiger partial charge in [0.05, 0.1) is 16.8 Å². The van der Waals surface area contributed by atoms with Crippen molar-refractivity contribution in [2.45, 2.75) is 36.1 Å². The van der Waals surface area contributed by atoms with Crippen LogP contribution < -0.4 is 5.32 Å². The fourth-order valence-electron chi connectivity index (χ4n) is 2.28. The lowest BCUT2D eigenvalue weighted by Crippen LogP contribution is -2.45. The Morgan fingerprint density at radius 1 is 1.40 bits per heavy atom. The standard InChI is InChI=1S/C14H14Cl2N2OS/c15-10-3-4-11(16)12(7-10)20-8-13(19)18-14(9-17)5-1-2-6-14/h3-4,7H,1-2,5-6,8H2,(H,18,19). The molecule has 1 aromatic carbocycles. The number of rotatable bonds is 4. The highest BCUT2D eigenvalue weighted by molar-refractivity contribution is 8.00. The lowest BCUT2D eigenvalue weighted by Gasteiger charge is -2.21. The first-order valence-electron chi connectivity index (χ1n) is 6.35. The summed E-state index contributed by atoms with van der Waals surface area (Å²) in [6, 6.07) is 7.38. The van der Waals surface area contributed by atoms with Gasteiger partial charge in [-0.3, -0.25) is 4.79 Å². The van der Waals surface area contributed by atoms with Crippen LogP contribution in [-0.2, 0) is 4.79 Å². The van der Waals surface area contributed by atoms with Crippen molar-refractivity contribution in [2.24, 2.45) is 0 Å². The molecule has 20 heavy (non-hydrogen) atoms. The first kappa shape index (κ1) is 15.5. The van der Waals surface area contributed by atoms with E-state index in [1.165, 1.54) is 11.8 Å². The molecular formula is C14H14Cl2N2OS. The van der Waals surface area contributed by atoms with E-state index >= 15 is 0 Å². The maximum absolute atomic E-state index is 12.0. The van der Waals surface area contributed by atoms with Crippen LogP contribution in [0.1, 0.15) is 25.7 Å². The molecule has 1 aliphatic rings. The quantitative estimate of drug-likeness (QED) is 0.848. The monoisotopic (exact) mass is 328 g/mol. The van der Waals surface area contributed by atoms with E-state index < -0.39 is 5.54 Å². The summed E-state index contributed by atoms with van der Waals surface area (Å²) < 4.78 is 0. The number of carbonyl (C=O) groups excluding carboxylic acids is 1. The molecule has 3 nitrogen and oxygen atoms in total. The predicted octanol–water partition coefficient (Wildman–Crippen LogP) is 4.04. The number of hydrogen-bond acceptors (Lipinski definition) is 3. The second-order valence-electron chi connectivity index (χ2n) is 4.81. The van der Waals surface area contributed by atoms with Crippen LogP contribution in [0.15, 0.2) is 23.1 Å². The van der Waals surface area contributed by atoms with Gasteiger partial charge in [-0.1, -0.05) is 23.2 Å². The van der Waals surface area contributed by atoms with E-state index in [1.54, 1.807) is 18.2 Å². The van der Waals surface area contributed by atoms with Gasteiger partial charge in [-0.2, -0.15) is 5.26 Å². The third-order valence-electron chi connectivity index (χ3n) is 3.30. The van der Waals surface area contributed by atoms with E-state index in [9.17, 15) is 10.1 Å². The zero-order chi connectivity index (χ0) is 14.6. The largest absolute Gasteiger partial charge is 0.337 e. The van der Waals surface area contributed by atoms with Gasteiger partial charge in [-0.25, -0.2) is 0 Å². The first-order valence-corrected chi connectivity index (χ1v) is 8.09. The Hall–Kier alpha value is -0.890. The molecule has 0 heterocycles. The van der Waals surface area contributed by atoms with E-state index in [4.69, 9.17) is 23.2 Å². The van der Waals surface area contributed by atoms with Crippen molar-refractivity contribution in [2.75, 3.05) is 5.75 Å². The van der Waals surface area contributed by atoms with Gasteiger partial charge in [0.2, 0.25) is 5.91 Å². The van der Waals surface area contributed by atoms with Gasteiger partial charge in [0, 0.05) is 9.92 Å². The van der Waals surface area contributed by atoms with Gasteiger partial charge in [0.15, 0.2) is 0 Å². The highest BCUT2D eigenvalue weighted by atomic mass is 35.5. The maximum atomic E-state index is 12.0. The SMILES string of the molecule is N#CC1(NC(=O)CSc2cc(Cl)ccc2Cl)CCCC1. The van der Waals surface area contributed by atoms with E-state index in [0.29, 0.717) is 10.0 Å². The van der Waals surface area contributed by atoms with Gasteiger partial charge in [-0.05, 0) is 43.9 Å². The molecule has 0 aliphatic heterocycles. The maximum Gasteiger partial charge on any atom is 0.231 e. The molecule has 0 spiro atoms. The van der Waals surface area contributed by atoms with Crippen LogP contribution in [-0.4, -0.2) is 17.2 Å². The van der Waals surface area contributed by atoms with Gasteiger partial charge >= 0.3 is 0 Å². The van der Waals surface area contributed by atoms with Gasteiger partial charge in [-0.15, -0.1) is 11.8 Å². The molecule has 1 amide bonds. The third-order valence-corrected chi connectivity index (χ3v) is 5.03. The number of hydrogen-bond donors (Lipinski definition) is 1. The van der Waals surface area contributed by atoms with Gasteiger partial charge in [0.1, 0.15) is 5.54 Å². The van der Waals surface area contributed by atoms with Crippen molar-refractivity contribution < 1.29 is 4.79 Å². The van der Waals surface area contributed by atoms with E-state index in [0.717, 1.165) is 30.6 Å². The Morgan fingerprint density at radius 2 is 2.10 bits per heavy atom. The number of nitriles is 1. The second-order valence-corrected chi connectivity index (χ2v) is 6.67. The Labute approximate surface area is 132 Å². The third kappa shape index (κ3) is 3.82. The van der Waals surface area contributed by atoms with E-state index in [2.05, 4.69) is 11.4 Å². The molecule has 1 saturated carbocycles. The Morgan fingerprint density at radius 3 is 2.75 bits per heavy atom. The Kier molecular flexibility index (Phi) is 5.20. The zero-order valence-corrected chi connectivity index (χ0v) is 13.1. The minimum absolute atomic E-state index is 0.144.